The fourth-order valence-electron chi connectivity index (χ4n) is 3.14. The number of rotatable bonds is 8. The molecule has 1 aromatic rings. The third-order valence-corrected chi connectivity index (χ3v) is 4.31. The molecule has 1 atom stereocenters. The summed E-state index contributed by atoms with van der Waals surface area (Å²) in [6.45, 7) is 5.64. The Labute approximate surface area is 178 Å². The van der Waals surface area contributed by atoms with Crippen molar-refractivity contribution in [3.8, 4) is 11.5 Å². The van der Waals surface area contributed by atoms with E-state index in [1.807, 2.05) is 31.2 Å². The fraction of sp³-hybridized carbons (Fsp3) is 0.579. The molecule has 0 radical (unpaired) electrons. The van der Waals surface area contributed by atoms with Crippen LogP contribution in [0.4, 0.5) is 0 Å². The Morgan fingerprint density at radius 1 is 1.41 bits per heavy atom. The number of aliphatic imine (C=N–C) groups is 1. The lowest BCUT2D eigenvalue weighted by Crippen LogP contribution is -2.47. The molecule has 1 saturated heterocycles. The van der Waals surface area contributed by atoms with Gasteiger partial charge in [0, 0.05) is 32.1 Å². The molecule has 1 unspecified atom stereocenters. The highest BCUT2D eigenvalue weighted by Crippen LogP contribution is 2.20. The van der Waals surface area contributed by atoms with Gasteiger partial charge in [-0.2, -0.15) is 0 Å². The number of nitrogens with one attached hydrogen (secondary N) is 1. The SMILES string of the molecule is CCNC(=NCCOc1cccc(OC)c1)N1CCCC(CC(N)=O)C1.I. The van der Waals surface area contributed by atoms with Crippen LogP contribution in [0.5, 0.6) is 11.5 Å². The maximum absolute atomic E-state index is 11.2. The highest BCUT2D eigenvalue weighted by molar-refractivity contribution is 14.0. The number of halogens is 1. The summed E-state index contributed by atoms with van der Waals surface area (Å²) in [6, 6.07) is 7.53. The number of carbonyl (C=O) groups excluding carboxylic acids is 1. The first-order chi connectivity index (χ1) is 12.6. The van der Waals surface area contributed by atoms with Gasteiger partial charge in [0.1, 0.15) is 18.1 Å². The molecular weight excluding hydrogens is 459 g/mol. The second-order valence-electron chi connectivity index (χ2n) is 6.39. The standard InChI is InChI=1S/C19H30N4O3.HI/c1-3-21-19(23-10-5-6-15(14-23)12-18(20)24)22-9-11-26-17-8-4-7-16(13-17)25-2;/h4,7-8,13,15H,3,5-6,9-12,14H2,1-2H3,(H2,20,24)(H,21,22);1H. The van der Waals surface area contributed by atoms with E-state index in [9.17, 15) is 4.79 Å². The molecule has 7 nitrogen and oxygen atoms in total. The lowest BCUT2D eigenvalue weighted by molar-refractivity contribution is -0.119. The normalized spacial score (nSPS) is 17.0. The maximum Gasteiger partial charge on any atom is 0.217 e. The number of ether oxygens (including phenoxy) is 2. The van der Waals surface area contributed by atoms with Gasteiger partial charge in [-0.25, -0.2) is 4.99 Å². The number of primary amides is 1. The van der Waals surface area contributed by atoms with Crippen molar-refractivity contribution in [1.82, 2.24) is 10.2 Å². The van der Waals surface area contributed by atoms with Crippen molar-refractivity contribution >= 4 is 35.8 Å². The van der Waals surface area contributed by atoms with E-state index < -0.39 is 0 Å². The van der Waals surface area contributed by atoms with Crippen LogP contribution in [-0.4, -0.2) is 56.7 Å². The first-order valence-corrected chi connectivity index (χ1v) is 9.20. The third-order valence-electron chi connectivity index (χ3n) is 4.31. The molecule has 27 heavy (non-hydrogen) atoms. The molecule has 1 amide bonds. The summed E-state index contributed by atoms with van der Waals surface area (Å²) in [5, 5.41) is 3.33. The zero-order chi connectivity index (χ0) is 18.8. The summed E-state index contributed by atoms with van der Waals surface area (Å²) in [4.78, 5) is 18.1. The van der Waals surface area contributed by atoms with Gasteiger partial charge in [-0.05, 0) is 37.8 Å². The molecule has 2 rings (SSSR count). The van der Waals surface area contributed by atoms with Gasteiger partial charge in [0.15, 0.2) is 5.96 Å². The Balaban J connectivity index is 0.00000364. The monoisotopic (exact) mass is 490 g/mol. The van der Waals surface area contributed by atoms with Gasteiger partial charge in [0.2, 0.25) is 5.91 Å². The Morgan fingerprint density at radius 3 is 2.89 bits per heavy atom. The van der Waals surface area contributed by atoms with E-state index >= 15 is 0 Å². The Bertz CT molecular complexity index is 612. The zero-order valence-electron chi connectivity index (χ0n) is 16.1. The third kappa shape index (κ3) is 8.23. The summed E-state index contributed by atoms with van der Waals surface area (Å²) >= 11 is 0. The molecule has 3 N–H and O–H groups in total. The highest BCUT2D eigenvalue weighted by atomic mass is 127. The minimum Gasteiger partial charge on any atom is -0.497 e. The summed E-state index contributed by atoms with van der Waals surface area (Å²) in [5.41, 5.74) is 5.35. The van der Waals surface area contributed by atoms with E-state index in [1.54, 1.807) is 7.11 Å². The van der Waals surface area contributed by atoms with Gasteiger partial charge in [-0.3, -0.25) is 4.79 Å². The summed E-state index contributed by atoms with van der Waals surface area (Å²) in [7, 11) is 1.64. The highest BCUT2D eigenvalue weighted by Gasteiger charge is 2.23. The molecule has 1 fully saturated rings. The van der Waals surface area contributed by atoms with Crippen LogP contribution in [0.15, 0.2) is 29.3 Å². The summed E-state index contributed by atoms with van der Waals surface area (Å²) in [5.74, 6) is 2.48. The van der Waals surface area contributed by atoms with Gasteiger partial charge >= 0.3 is 0 Å². The average Bonchev–Trinajstić information content (AvgIpc) is 2.64. The number of benzene rings is 1. The van der Waals surface area contributed by atoms with Crippen LogP contribution < -0.4 is 20.5 Å². The van der Waals surface area contributed by atoms with E-state index in [0.29, 0.717) is 25.5 Å². The van der Waals surface area contributed by atoms with Crippen molar-refractivity contribution in [2.75, 3.05) is 39.9 Å². The van der Waals surface area contributed by atoms with Crippen LogP contribution in [0.25, 0.3) is 0 Å². The molecule has 0 spiro atoms. The van der Waals surface area contributed by atoms with Crippen LogP contribution in [0.2, 0.25) is 0 Å². The number of methoxy groups -OCH3 is 1. The van der Waals surface area contributed by atoms with E-state index in [4.69, 9.17) is 15.2 Å². The number of hydrogen-bond acceptors (Lipinski definition) is 4. The number of piperidine rings is 1. The fourth-order valence-corrected chi connectivity index (χ4v) is 3.14. The molecule has 152 valence electrons. The quantitative estimate of drug-likeness (QED) is 0.253. The minimum absolute atomic E-state index is 0. The number of amides is 1. The van der Waals surface area contributed by atoms with Crippen LogP contribution in [-0.2, 0) is 4.79 Å². The van der Waals surface area contributed by atoms with Gasteiger partial charge in [-0.15, -0.1) is 24.0 Å². The van der Waals surface area contributed by atoms with Gasteiger partial charge < -0.3 is 25.4 Å². The van der Waals surface area contributed by atoms with Crippen molar-refractivity contribution in [3.05, 3.63) is 24.3 Å². The molecule has 0 bridgehead atoms. The Morgan fingerprint density at radius 2 is 2.19 bits per heavy atom. The van der Waals surface area contributed by atoms with Crippen LogP contribution in [0.1, 0.15) is 26.2 Å². The zero-order valence-corrected chi connectivity index (χ0v) is 18.5. The predicted molar refractivity (Wildman–Crippen MR) is 118 cm³/mol. The van der Waals surface area contributed by atoms with E-state index in [1.165, 1.54) is 0 Å². The number of nitrogens with two attached hydrogens (primary N) is 1. The van der Waals surface area contributed by atoms with Crippen molar-refractivity contribution in [3.63, 3.8) is 0 Å². The first-order valence-electron chi connectivity index (χ1n) is 9.20. The lowest BCUT2D eigenvalue weighted by atomic mass is 9.95. The molecule has 1 heterocycles. The van der Waals surface area contributed by atoms with Gasteiger partial charge in [-0.1, -0.05) is 6.07 Å². The van der Waals surface area contributed by atoms with Crippen molar-refractivity contribution < 1.29 is 14.3 Å². The number of hydrogen-bond donors (Lipinski definition) is 2. The van der Waals surface area contributed by atoms with Gasteiger partial charge in [0.05, 0.1) is 13.7 Å². The minimum atomic E-state index is -0.231. The number of carbonyl (C=O) groups is 1. The molecule has 1 aromatic carbocycles. The molecule has 1 aliphatic rings. The largest absolute Gasteiger partial charge is 0.497 e. The molecule has 0 aliphatic carbocycles. The molecular formula is C19H31IN4O3. The maximum atomic E-state index is 11.2. The predicted octanol–water partition coefficient (Wildman–Crippen LogP) is 2.24. The lowest BCUT2D eigenvalue weighted by Gasteiger charge is -2.34. The summed E-state index contributed by atoms with van der Waals surface area (Å²) in [6.07, 6.45) is 2.52. The van der Waals surface area contributed by atoms with Crippen LogP contribution in [0, 0.1) is 5.92 Å². The van der Waals surface area contributed by atoms with Crippen molar-refractivity contribution in [1.29, 1.82) is 0 Å². The van der Waals surface area contributed by atoms with Crippen molar-refractivity contribution in [2.45, 2.75) is 26.2 Å². The van der Waals surface area contributed by atoms with Gasteiger partial charge in [0.25, 0.3) is 0 Å². The van der Waals surface area contributed by atoms with E-state index in [-0.39, 0.29) is 29.9 Å². The summed E-state index contributed by atoms with van der Waals surface area (Å²) < 4.78 is 10.9. The first kappa shape index (κ1) is 23.3. The van der Waals surface area contributed by atoms with Crippen LogP contribution >= 0.6 is 24.0 Å². The topological polar surface area (TPSA) is 89.2 Å². The van der Waals surface area contributed by atoms with Crippen LogP contribution in [0.3, 0.4) is 0 Å². The number of likely N-dealkylation sites (tertiary alicyclic amines) is 1. The molecule has 0 saturated carbocycles. The molecule has 1 aliphatic heterocycles. The smallest absolute Gasteiger partial charge is 0.217 e. The second-order valence-corrected chi connectivity index (χ2v) is 6.39. The van der Waals surface area contributed by atoms with E-state index in [0.717, 1.165) is 49.9 Å². The Kier molecular flexibility index (Phi) is 10.9. The molecule has 8 heteroatoms. The molecule has 0 aromatic heterocycles. The average molecular weight is 490 g/mol. The Hall–Kier alpha value is -1.71. The second kappa shape index (κ2) is 12.6. The number of guanidine groups is 1. The van der Waals surface area contributed by atoms with E-state index in [2.05, 4.69) is 15.2 Å². The number of nitrogens with zero attached hydrogens (tertiary/aromatic N) is 2. The van der Waals surface area contributed by atoms with Crippen molar-refractivity contribution in [2.24, 2.45) is 16.6 Å².